The van der Waals surface area contributed by atoms with Crippen LogP contribution in [-0.4, -0.2) is 32.1 Å². The summed E-state index contributed by atoms with van der Waals surface area (Å²) in [4.78, 5) is 2.32. The second-order valence-corrected chi connectivity index (χ2v) is 6.32. The average Bonchev–Trinajstić information content (AvgIpc) is 2.47. The van der Waals surface area contributed by atoms with Gasteiger partial charge in [0.15, 0.2) is 0 Å². The molecule has 1 aromatic rings. The van der Waals surface area contributed by atoms with Crippen molar-refractivity contribution in [3.63, 3.8) is 0 Å². The lowest BCUT2D eigenvalue weighted by atomic mass is 9.62. The van der Waals surface area contributed by atoms with Crippen molar-refractivity contribution in [1.29, 1.82) is 5.26 Å². The van der Waals surface area contributed by atoms with E-state index in [2.05, 4.69) is 11.9 Å². The molecule has 0 N–H and O–H groups in total. The molecule has 2 bridgehead atoms. The predicted octanol–water partition coefficient (Wildman–Crippen LogP) is 2.90. The topological polar surface area (TPSA) is 36.3 Å². The van der Waals surface area contributed by atoms with E-state index >= 15 is 0 Å². The summed E-state index contributed by atoms with van der Waals surface area (Å²) in [6.07, 6.45) is 3.27. The lowest BCUT2D eigenvalue weighted by Gasteiger charge is -2.54. The minimum absolute atomic E-state index is 0.112. The van der Waals surface area contributed by atoms with Gasteiger partial charge in [0.1, 0.15) is 17.5 Å². The van der Waals surface area contributed by atoms with Gasteiger partial charge in [-0.2, -0.15) is 5.26 Å². The van der Waals surface area contributed by atoms with Crippen molar-refractivity contribution in [2.45, 2.75) is 24.9 Å². The molecule has 1 saturated carbocycles. The summed E-state index contributed by atoms with van der Waals surface area (Å²) in [7, 11) is 3.81. The van der Waals surface area contributed by atoms with Gasteiger partial charge in [0.25, 0.3) is 0 Å². The maximum Gasteiger partial charge on any atom is 0.147 e. The summed E-state index contributed by atoms with van der Waals surface area (Å²) in [6.45, 7) is 1.83. The van der Waals surface area contributed by atoms with Gasteiger partial charge in [-0.05, 0) is 26.0 Å². The smallest absolute Gasteiger partial charge is 0.147 e. The van der Waals surface area contributed by atoms with Crippen molar-refractivity contribution in [2.24, 2.45) is 11.8 Å². The fourth-order valence-electron chi connectivity index (χ4n) is 4.46. The van der Waals surface area contributed by atoms with Crippen LogP contribution in [0.1, 0.15) is 30.4 Å². The van der Waals surface area contributed by atoms with E-state index in [9.17, 15) is 4.39 Å². The average molecular weight is 288 g/mol. The molecule has 1 heterocycles. The molecule has 3 rings (SSSR count). The zero-order chi connectivity index (χ0) is 15.0. The quantitative estimate of drug-likeness (QED) is 0.839. The third-order valence-corrected chi connectivity index (χ3v) is 5.26. The zero-order valence-corrected chi connectivity index (χ0v) is 12.6. The third kappa shape index (κ3) is 2.07. The van der Waals surface area contributed by atoms with Gasteiger partial charge in [-0.3, -0.25) is 0 Å². The maximum atomic E-state index is 14.8. The van der Waals surface area contributed by atoms with Crippen LogP contribution in [0.25, 0.3) is 0 Å². The minimum Gasteiger partial charge on any atom is -0.373 e. The molecule has 112 valence electrons. The summed E-state index contributed by atoms with van der Waals surface area (Å²) >= 11 is 0. The predicted molar refractivity (Wildman–Crippen MR) is 78.1 cm³/mol. The Balaban J connectivity index is 2.15. The van der Waals surface area contributed by atoms with Gasteiger partial charge in [0.05, 0.1) is 5.56 Å². The van der Waals surface area contributed by atoms with Crippen LogP contribution >= 0.6 is 0 Å². The Hall–Kier alpha value is -1.44. The fraction of sp³-hybridized carbons (Fsp3) is 0.588. The van der Waals surface area contributed by atoms with Crippen LogP contribution in [0, 0.1) is 29.0 Å². The molecule has 1 aromatic carbocycles. The molecule has 0 unspecified atom stereocenters. The number of ether oxygens (including phenoxy) is 1. The maximum absolute atomic E-state index is 14.8. The zero-order valence-electron chi connectivity index (χ0n) is 12.6. The van der Waals surface area contributed by atoms with Gasteiger partial charge in [0, 0.05) is 37.6 Å². The Kier molecular flexibility index (Phi) is 3.73. The summed E-state index contributed by atoms with van der Waals surface area (Å²) in [6, 6.07) is 7.06. The first-order valence-corrected chi connectivity index (χ1v) is 7.56. The van der Waals surface area contributed by atoms with Crippen LogP contribution in [0.2, 0.25) is 0 Å². The molecule has 0 spiro atoms. The first kappa shape index (κ1) is 14.5. The van der Waals surface area contributed by atoms with E-state index in [-0.39, 0.29) is 17.4 Å². The van der Waals surface area contributed by atoms with Crippen molar-refractivity contribution in [3.05, 3.63) is 35.1 Å². The van der Waals surface area contributed by atoms with Gasteiger partial charge in [-0.25, -0.2) is 4.39 Å². The minimum atomic E-state index is -0.582. The van der Waals surface area contributed by atoms with E-state index in [0.29, 0.717) is 5.56 Å². The number of halogens is 1. The molecule has 3 nitrogen and oxygen atoms in total. The molecular formula is C17H21FN2O. The monoisotopic (exact) mass is 288 g/mol. The number of likely N-dealkylation sites (tertiary alicyclic amines) is 1. The van der Waals surface area contributed by atoms with E-state index in [1.54, 1.807) is 19.2 Å². The van der Waals surface area contributed by atoms with Gasteiger partial charge < -0.3 is 9.64 Å². The first-order valence-electron chi connectivity index (χ1n) is 7.56. The lowest BCUT2D eigenvalue weighted by Crippen LogP contribution is -2.58. The number of fused-ring (bicyclic) bond motifs is 2. The van der Waals surface area contributed by atoms with Gasteiger partial charge in [0.2, 0.25) is 0 Å². The SMILES string of the molecule is CO[C@]1(c2cccc(C#N)c2F)[C@@H]2CCC[C@H]1CN(C)C2. The molecular weight excluding hydrogens is 267 g/mol. The molecule has 1 aliphatic heterocycles. The molecule has 3 atom stereocenters. The molecule has 0 radical (unpaired) electrons. The number of nitriles is 1. The van der Waals surface area contributed by atoms with Crippen LogP contribution in [0.5, 0.6) is 0 Å². The number of rotatable bonds is 2. The number of nitrogens with zero attached hydrogens (tertiary/aromatic N) is 2. The van der Waals surface area contributed by atoms with Crippen LogP contribution in [0.3, 0.4) is 0 Å². The molecule has 2 fully saturated rings. The van der Waals surface area contributed by atoms with Crippen LogP contribution in [0.15, 0.2) is 18.2 Å². The second-order valence-electron chi connectivity index (χ2n) is 6.32. The highest BCUT2D eigenvalue weighted by Gasteiger charge is 2.53. The molecule has 0 aromatic heterocycles. The van der Waals surface area contributed by atoms with Crippen molar-refractivity contribution in [1.82, 2.24) is 4.90 Å². The second kappa shape index (κ2) is 5.40. The molecule has 4 heteroatoms. The number of benzene rings is 1. The lowest BCUT2D eigenvalue weighted by molar-refractivity contribution is -0.167. The Morgan fingerprint density at radius 3 is 2.57 bits per heavy atom. The summed E-state index contributed by atoms with van der Waals surface area (Å²) in [5, 5.41) is 9.10. The highest BCUT2D eigenvalue weighted by Crippen LogP contribution is 2.51. The highest BCUT2D eigenvalue weighted by atomic mass is 19.1. The Labute approximate surface area is 125 Å². The van der Waals surface area contributed by atoms with Crippen molar-refractivity contribution >= 4 is 0 Å². The van der Waals surface area contributed by atoms with E-state index in [4.69, 9.17) is 10.00 Å². The molecule has 2 aliphatic rings. The van der Waals surface area contributed by atoms with E-state index in [0.717, 1.165) is 25.9 Å². The van der Waals surface area contributed by atoms with E-state index in [1.165, 1.54) is 12.5 Å². The summed E-state index contributed by atoms with van der Waals surface area (Å²) in [5.41, 5.74) is 0.106. The number of piperidine rings is 1. The Morgan fingerprint density at radius 1 is 1.33 bits per heavy atom. The molecule has 21 heavy (non-hydrogen) atoms. The van der Waals surface area contributed by atoms with Crippen LogP contribution < -0.4 is 0 Å². The van der Waals surface area contributed by atoms with E-state index < -0.39 is 11.4 Å². The van der Waals surface area contributed by atoms with Crippen molar-refractivity contribution in [2.75, 3.05) is 27.2 Å². The first-order chi connectivity index (χ1) is 10.1. The summed E-state index contributed by atoms with van der Waals surface area (Å²) in [5.74, 6) is 0.162. The highest BCUT2D eigenvalue weighted by molar-refractivity contribution is 5.39. The fourth-order valence-corrected chi connectivity index (χ4v) is 4.46. The Bertz CT molecular complexity index is 567. The largest absolute Gasteiger partial charge is 0.373 e. The van der Waals surface area contributed by atoms with Crippen LogP contribution in [0.4, 0.5) is 4.39 Å². The van der Waals surface area contributed by atoms with E-state index in [1.807, 2.05) is 6.07 Å². The van der Waals surface area contributed by atoms with Crippen LogP contribution in [-0.2, 0) is 10.3 Å². The van der Waals surface area contributed by atoms with Gasteiger partial charge >= 0.3 is 0 Å². The number of hydrogen-bond donors (Lipinski definition) is 0. The standard InChI is InChI=1S/C17H21FN2O/c1-20-10-13-6-4-7-14(11-20)17(13,21-2)15-8-3-5-12(9-19)16(15)18/h3,5,8,13-14H,4,6-7,10-11H2,1-2H3/t13-,14+,17-. The van der Waals surface area contributed by atoms with Crippen molar-refractivity contribution in [3.8, 4) is 6.07 Å². The Morgan fingerprint density at radius 2 is 2.00 bits per heavy atom. The van der Waals surface area contributed by atoms with Crippen molar-refractivity contribution < 1.29 is 9.13 Å². The molecule has 1 aliphatic carbocycles. The normalized spacial score (nSPS) is 32.7. The number of methoxy groups -OCH3 is 1. The van der Waals surface area contributed by atoms with Gasteiger partial charge in [-0.15, -0.1) is 0 Å². The molecule has 0 amide bonds. The molecule has 1 saturated heterocycles. The number of hydrogen-bond acceptors (Lipinski definition) is 3. The van der Waals surface area contributed by atoms with Gasteiger partial charge in [-0.1, -0.05) is 18.6 Å². The summed E-state index contributed by atoms with van der Waals surface area (Å²) < 4.78 is 20.8. The third-order valence-electron chi connectivity index (χ3n) is 5.26.